The molecular formula is C16H20F3N3O2. The fourth-order valence-corrected chi connectivity index (χ4v) is 2.62. The molecule has 1 heterocycles. The molecule has 0 aliphatic rings. The molecule has 0 aliphatic heterocycles. The number of imidazole rings is 1. The van der Waals surface area contributed by atoms with Gasteiger partial charge >= 0.3 is 6.18 Å². The minimum Gasteiger partial charge on any atom is -0.394 e. The van der Waals surface area contributed by atoms with E-state index >= 15 is 0 Å². The molecule has 0 aliphatic carbocycles. The number of aromatic nitrogens is 2. The lowest BCUT2D eigenvalue weighted by Crippen LogP contribution is -2.40. The fourth-order valence-electron chi connectivity index (χ4n) is 2.62. The highest BCUT2D eigenvalue weighted by Gasteiger charge is 2.38. The molecule has 0 radical (unpaired) electrons. The molecule has 2 N–H and O–H groups in total. The van der Waals surface area contributed by atoms with E-state index < -0.39 is 30.5 Å². The predicted octanol–water partition coefficient (Wildman–Crippen LogP) is 2.58. The van der Waals surface area contributed by atoms with Crippen LogP contribution in [0.1, 0.15) is 26.1 Å². The predicted molar refractivity (Wildman–Crippen MR) is 83.2 cm³/mol. The highest BCUT2D eigenvalue weighted by Crippen LogP contribution is 2.31. The van der Waals surface area contributed by atoms with Gasteiger partial charge in [-0.1, -0.05) is 26.0 Å². The molecule has 1 aromatic heterocycles. The number of alkyl halides is 3. The number of fused-ring (bicyclic) bond motifs is 1. The second-order valence-electron chi connectivity index (χ2n) is 6.08. The Hall–Kier alpha value is -2.09. The number of carbonyl (C=O) groups is 1. The van der Waals surface area contributed by atoms with E-state index in [-0.39, 0.29) is 23.6 Å². The van der Waals surface area contributed by atoms with Crippen molar-refractivity contribution >= 4 is 16.9 Å². The zero-order valence-electron chi connectivity index (χ0n) is 13.5. The van der Waals surface area contributed by atoms with Crippen molar-refractivity contribution < 1.29 is 23.1 Å². The summed E-state index contributed by atoms with van der Waals surface area (Å²) in [4.78, 5) is 15.7. The SMILES string of the molecule is CC(C)CC(CO)NC(=O)Cn1c(C(F)(F)F)nc2ccccc21. The Morgan fingerprint density at radius 3 is 2.58 bits per heavy atom. The topological polar surface area (TPSA) is 67.2 Å². The molecule has 2 aromatic rings. The number of nitrogens with zero attached hydrogens (tertiary/aromatic N) is 2. The Balaban J connectivity index is 2.26. The number of para-hydroxylation sites is 2. The van der Waals surface area contributed by atoms with Gasteiger partial charge in [0, 0.05) is 0 Å². The molecule has 8 heteroatoms. The van der Waals surface area contributed by atoms with Crippen molar-refractivity contribution in [3.63, 3.8) is 0 Å². The number of hydrogen-bond acceptors (Lipinski definition) is 3. The van der Waals surface area contributed by atoms with E-state index in [1.165, 1.54) is 12.1 Å². The van der Waals surface area contributed by atoms with Crippen LogP contribution in [0.5, 0.6) is 0 Å². The summed E-state index contributed by atoms with van der Waals surface area (Å²) in [6, 6.07) is 5.65. The molecule has 24 heavy (non-hydrogen) atoms. The van der Waals surface area contributed by atoms with Crippen molar-refractivity contribution in [2.75, 3.05) is 6.61 Å². The van der Waals surface area contributed by atoms with Gasteiger partial charge in [0.15, 0.2) is 0 Å². The van der Waals surface area contributed by atoms with Gasteiger partial charge in [-0.15, -0.1) is 0 Å². The first-order chi connectivity index (χ1) is 11.2. The first-order valence-corrected chi connectivity index (χ1v) is 7.65. The monoisotopic (exact) mass is 343 g/mol. The summed E-state index contributed by atoms with van der Waals surface area (Å²) in [5, 5.41) is 11.9. The van der Waals surface area contributed by atoms with Gasteiger partial charge in [-0.2, -0.15) is 13.2 Å². The number of nitrogens with one attached hydrogen (secondary N) is 1. The zero-order valence-corrected chi connectivity index (χ0v) is 13.5. The van der Waals surface area contributed by atoms with Crippen LogP contribution in [0.3, 0.4) is 0 Å². The second-order valence-corrected chi connectivity index (χ2v) is 6.08. The van der Waals surface area contributed by atoms with Crippen LogP contribution in [-0.2, 0) is 17.5 Å². The molecular weight excluding hydrogens is 323 g/mol. The van der Waals surface area contributed by atoms with Gasteiger partial charge in [-0.05, 0) is 24.5 Å². The maximum Gasteiger partial charge on any atom is 0.449 e. The van der Waals surface area contributed by atoms with Crippen LogP contribution in [0.4, 0.5) is 13.2 Å². The molecule has 0 saturated carbocycles. The Labute approximate surface area is 137 Å². The molecule has 1 amide bonds. The van der Waals surface area contributed by atoms with E-state index in [4.69, 9.17) is 0 Å². The van der Waals surface area contributed by atoms with E-state index in [1.807, 2.05) is 13.8 Å². The van der Waals surface area contributed by atoms with Crippen LogP contribution in [0.15, 0.2) is 24.3 Å². The molecule has 2 rings (SSSR count). The van der Waals surface area contributed by atoms with E-state index in [0.29, 0.717) is 6.42 Å². The smallest absolute Gasteiger partial charge is 0.394 e. The van der Waals surface area contributed by atoms with Gasteiger partial charge in [0.2, 0.25) is 11.7 Å². The van der Waals surface area contributed by atoms with E-state index in [2.05, 4.69) is 10.3 Å². The Morgan fingerprint density at radius 2 is 2.00 bits per heavy atom. The molecule has 0 bridgehead atoms. The van der Waals surface area contributed by atoms with Crippen LogP contribution in [-0.4, -0.2) is 33.2 Å². The summed E-state index contributed by atoms with van der Waals surface area (Å²) in [5.74, 6) is -1.46. The van der Waals surface area contributed by atoms with Crippen molar-refractivity contribution in [2.24, 2.45) is 5.92 Å². The molecule has 1 unspecified atom stereocenters. The van der Waals surface area contributed by atoms with E-state index in [9.17, 15) is 23.1 Å². The van der Waals surface area contributed by atoms with Crippen LogP contribution < -0.4 is 5.32 Å². The average Bonchev–Trinajstić information content (AvgIpc) is 2.85. The van der Waals surface area contributed by atoms with Crippen LogP contribution in [0.25, 0.3) is 11.0 Å². The summed E-state index contributed by atoms with van der Waals surface area (Å²) in [7, 11) is 0. The lowest BCUT2D eigenvalue weighted by molar-refractivity contribution is -0.147. The number of amides is 1. The lowest BCUT2D eigenvalue weighted by Gasteiger charge is -2.19. The van der Waals surface area contributed by atoms with Crippen LogP contribution >= 0.6 is 0 Å². The van der Waals surface area contributed by atoms with E-state index in [0.717, 1.165) is 4.57 Å². The molecule has 1 atom stereocenters. The number of hydrogen-bond donors (Lipinski definition) is 2. The number of aliphatic hydroxyl groups is 1. The molecule has 5 nitrogen and oxygen atoms in total. The quantitative estimate of drug-likeness (QED) is 0.847. The average molecular weight is 343 g/mol. The van der Waals surface area contributed by atoms with Gasteiger partial charge in [0.05, 0.1) is 23.7 Å². The zero-order chi connectivity index (χ0) is 17.9. The highest BCUT2D eigenvalue weighted by atomic mass is 19.4. The molecule has 0 fully saturated rings. The Kier molecular flexibility index (Phi) is 5.48. The number of benzene rings is 1. The van der Waals surface area contributed by atoms with Crippen LogP contribution in [0, 0.1) is 5.92 Å². The van der Waals surface area contributed by atoms with Crippen molar-refractivity contribution in [1.82, 2.24) is 14.9 Å². The maximum atomic E-state index is 13.2. The van der Waals surface area contributed by atoms with Gasteiger partial charge in [0.25, 0.3) is 0 Å². The number of halogens is 3. The van der Waals surface area contributed by atoms with Gasteiger partial charge in [0.1, 0.15) is 6.54 Å². The van der Waals surface area contributed by atoms with Gasteiger partial charge in [-0.3, -0.25) is 4.79 Å². The molecule has 1 aromatic carbocycles. The number of carbonyl (C=O) groups excluding carboxylic acids is 1. The summed E-state index contributed by atoms with van der Waals surface area (Å²) in [6.45, 7) is 3.09. The minimum atomic E-state index is -4.66. The van der Waals surface area contributed by atoms with Crippen molar-refractivity contribution in [1.29, 1.82) is 0 Å². The standard InChI is InChI=1S/C16H20F3N3O2/c1-10(2)7-11(9-23)20-14(24)8-22-13-6-4-3-5-12(13)21-15(22)16(17,18)19/h3-6,10-11,23H,7-9H2,1-2H3,(H,20,24). The minimum absolute atomic E-state index is 0.179. The third-order valence-electron chi connectivity index (χ3n) is 3.55. The highest BCUT2D eigenvalue weighted by molar-refractivity contribution is 5.81. The van der Waals surface area contributed by atoms with Gasteiger partial charge < -0.3 is 15.0 Å². The summed E-state index contributed by atoms with van der Waals surface area (Å²) in [5.41, 5.74) is 0.419. The number of aliphatic hydroxyl groups excluding tert-OH is 1. The summed E-state index contributed by atoms with van der Waals surface area (Å²) >= 11 is 0. The van der Waals surface area contributed by atoms with Crippen LogP contribution in [0.2, 0.25) is 0 Å². The molecule has 0 saturated heterocycles. The van der Waals surface area contributed by atoms with Gasteiger partial charge in [-0.25, -0.2) is 4.98 Å². The van der Waals surface area contributed by atoms with Crippen molar-refractivity contribution in [3.05, 3.63) is 30.1 Å². The van der Waals surface area contributed by atoms with Crippen molar-refractivity contribution in [2.45, 2.75) is 39.0 Å². The lowest BCUT2D eigenvalue weighted by atomic mass is 10.0. The second kappa shape index (κ2) is 7.21. The molecule has 0 spiro atoms. The normalized spacial score (nSPS) is 13.5. The summed E-state index contributed by atoms with van der Waals surface area (Å²) in [6.07, 6.45) is -4.12. The van der Waals surface area contributed by atoms with E-state index in [1.54, 1.807) is 12.1 Å². The third-order valence-corrected chi connectivity index (χ3v) is 3.55. The first kappa shape index (κ1) is 18.3. The Morgan fingerprint density at radius 1 is 1.33 bits per heavy atom. The summed E-state index contributed by atoms with van der Waals surface area (Å²) < 4.78 is 40.4. The molecule has 132 valence electrons. The fraction of sp³-hybridized carbons (Fsp3) is 0.500. The largest absolute Gasteiger partial charge is 0.449 e. The van der Waals surface area contributed by atoms with Crippen molar-refractivity contribution in [3.8, 4) is 0 Å². The third kappa shape index (κ3) is 4.25. The maximum absolute atomic E-state index is 13.2. The number of rotatable bonds is 6. The Bertz CT molecular complexity index is 710. The first-order valence-electron chi connectivity index (χ1n) is 7.65.